The summed E-state index contributed by atoms with van der Waals surface area (Å²) >= 11 is 0. The number of fused-ring (bicyclic) bond motifs is 1. The normalized spacial score (nSPS) is 12.7. The van der Waals surface area contributed by atoms with Crippen molar-refractivity contribution in [2.45, 2.75) is 53.0 Å². The highest BCUT2D eigenvalue weighted by Gasteiger charge is 2.25. The molecule has 3 N–H and O–H groups in total. The molecule has 30 heavy (non-hydrogen) atoms. The number of nitrogens with zero attached hydrogens (tertiary/aromatic N) is 2. The summed E-state index contributed by atoms with van der Waals surface area (Å²) in [4.78, 5) is 41.9. The van der Waals surface area contributed by atoms with Gasteiger partial charge in [-0.15, -0.1) is 0 Å². The lowest BCUT2D eigenvalue weighted by Gasteiger charge is -2.26. The first-order valence-corrected chi connectivity index (χ1v) is 10.5. The van der Waals surface area contributed by atoms with Crippen LogP contribution in [0.4, 0.5) is 11.5 Å². The van der Waals surface area contributed by atoms with Crippen LogP contribution in [0, 0.1) is 5.92 Å². The number of unbranched alkanes of at least 4 members (excludes halogenated alkanes) is 1. The molecule has 2 heterocycles. The molecule has 0 saturated carbocycles. The first-order valence-electron chi connectivity index (χ1n) is 10.5. The minimum absolute atomic E-state index is 0.0357. The maximum absolute atomic E-state index is 13.3. The number of carbonyl (C=O) groups is 1. The number of carbonyl (C=O) groups excluding carboxylic acids is 1. The van der Waals surface area contributed by atoms with Gasteiger partial charge in [0.15, 0.2) is 5.69 Å². The Bertz CT molecular complexity index is 1040. The number of aromatic nitrogens is 2. The molecular formula is C22H30N4O4. The van der Waals surface area contributed by atoms with Gasteiger partial charge in [-0.25, -0.2) is 4.79 Å². The van der Waals surface area contributed by atoms with E-state index in [9.17, 15) is 14.4 Å². The van der Waals surface area contributed by atoms with Crippen molar-refractivity contribution >= 4 is 17.4 Å². The van der Waals surface area contributed by atoms with Gasteiger partial charge in [-0.3, -0.25) is 19.1 Å². The molecule has 0 unspecified atom stereocenters. The average molecular weight is 415 g/mol. The second kappa shape index (κ2) is 9.19. The van der Waals surface area contributed by atoms with Crippen molar-refractivity contribution in [3.63, 3.8) is 0 Å². The Kier molecular flexibility index (Phi) is 6.64. The molecule has 0 bridgehead atoms. The first-order chi connectivity index (χ1) is 14.3. The van der Waals surface area contributed by atoms with Crippen molar-refractivity contribution < 1.29 is 9.53 Å². The molecule has 0 fully saturated rings. The fourth-order valence-corrected chi connectivity index (χ4v) is 3.68. The molecule has 8 nitrogen and oxygen atoms in total. The van der Waals surface area contributed by atoms with E-state index in [1.807, 2.05) is 39.0 Å². The number of aromatic amines is 1. The third-order valence-corrected chi connectivity index (χ3v) is 5.18. The first kappa shape index (κ1) is 21.7. The molecule has 0 radical (unpaired) electrons. The Morgan fingerprint density at radius 3 is 2.80 bits per heavy atom. The summed E-state index contributed by atoms with van der Waals surface area (Å²) < 4.78 is 6.87. The van der Waals surface area contributed by atoms with E-state index in [2.05, 4.69) is 4.98 Å². The van der Waals surface area contributed by atoms with Crippen LogP contribution in [0.2, 0.25) is 0 Å². The van der Waals surface area contributed by atoms with Gasteiger partial charge in [0.25, 0.3) is 5.56 Å². The number of hydrogen-bond acceptors (Lipinski definition) is 5. The number of amides is 1. The highest BCUT2D eigenvalue weighted by Crippen LogP contribution is 2.27. The zero-order valence-electron chi connectivity index (χ0n) is 17.9. The van der Waals surface area contributed by atoms with E-state index < -0.39 is 11.2 Å². The summed E-state index contributed by atoms with van der Waals surface area (Å²) in [6.07, 6.45) is 2.57. The number of nitrogens with one attached hydrogen (secondary N) is 1. The summed E-state index contributed by atoms with van der Waals surface area (Å²) in [5.41, 5.74) is 7.04. The Morgan fingerprint density at radius 1 is 1.33 bits per heavy atom. The van der Waals surface area contributed by atoms with Crippen LogP contribution in [0.5, 0.6) is 5.75 Å². The number of hydrogen-bond donors (Lipinski definition) is 2. The van der Waals surface area contributed by atoms with Crippen LogP contribution in [0.25, 0.3) is 0 Å². The van der Waals surface area contributed by atoms with Gasteiger partial charge < -0.3 is 15.4 Å². The lowest BCUT2D eigenvalue weighted by atomic mass is 10.0. The van der Waals surface area contributed by atoms with Crippen LogP contribution in [0.15, 0.2) is 27.8 Å². The molecule has 162 valence electrons. The van der Waals surface area contributed by atoms with Crippen molar-refractivity contribution in [2.24, 2.45) is 5.92 Å². The van der Waals surface area contributed by atoms with Gasteiger partial charge in [0.1, 0.15) is 11.6 Å². The fourth-order valence-electron chi connectivity index (χ4n) is 3.68. The van der Waals surface area contributed by atoms with Gasteiger partial charge in [-0.05, 0) is 29.5 Å². The summed E-state index contributed by atoms with van der Waals surface area (Å²) in [6, 6.07) is 5.72. The molecule has 1 aromatic carbocycles. The van der Waals surface area contributed by atoms with Crippen molar-refractivity contribution in [2.75, 3.05) is 23.8 Å². The Balaban J connectivity index is 1.97. The summed E-state index contributed by atoms with van der Waals surface area (Å²) in [5.74, 6) is 0.764. The number of benzene rings is 1. The van der Waals surface area contributed by atoms with Crippen LogP contribution in [-0.4, -0.2) is 28.6 Å². The number of nitrogens with two attached hydrogens (primary N) is 1. The SMILES string of the molecule is CCCCn1c(N)c(N(CC(C)C)C(=O)Cc2ccc3c(c2)CCO3)c(=O)[nH]c1=O. The van der Waals surface area contributed by atoms with Crippen LogP contribution in [0.3, 0.4) is 0 Å². The highest BCUT2D eigenvalue weighted by atomic mass is 16.5. The van der Waals surface area contributed by atoms with Gasteiger partial charge in [-0.2, -0.15) is 0 Å². The van der Waals surface area contributed by atoms with Gasteiger partial charge in [0.2, 0.25) is 5.91 Å². The quantitative estimate of drug-likeness (QED) is 0.687. The Hall–Kier alpha value is -3.03. The average Bonchev–Trinajstić information content (AvgIpc) is 3.14. The summed E-state index contributed by atoms with van der Waals surface area (Å²) in [7, 11) is 0. The molecule has 0 atom stereocenters. The molecule has 1 amide bonds. The van der Waals surface area contributed by atoms with E-state index in [0.717, 1.165) is 36.1 Å². The van der Waals surface area contributed by atoms with Crippen molar-refractivity contribution in [3.8, 4) is 5.75 Å². The standard InChI is InChI=1S/C22H30N4O4/c1-4-5-9-25-20(23)19(21(28)24-22(25)29)26(13-14(2)3)18(27)12-15-6-7-17-16(11-15)8-10-30-17/h6-7,11,14H,4-5,8-10,12-13,23H2,1-3H3,(H,24,28,29). The van der Waals surface area contributed by atoms with Gasteiger partial charge in [0, 0.05) is 19.5 Å². The topological polar surface area (TPSA) is 110 Å². The molecule has 1 aromatic heterocycles. The summed E-state index contributed by atoms with van der Waals surface area (Å²) in [5, 5.41) is 0. The third-order valence-electron chi connectivity index (χ3n) is 5.18. The number of nitrogen functional groups attached to an aromatic ring is 1. The maximum atomic E-state index is 13.3. The second-order valence-electron chi connectivity index (χ2n) is 8.11. The third kappa shape index (κ3) is 4.58. The van der Waals surface area contributed by atoms with Crippen LogP contribution >= 0.6 is 0 Å². The van der Waals surface area contributed by atoms with Gasteiger partial charge in [-0.1, -0.05) is 39.3 Å². The van der Waals surface area contributed by atoms with Crippen LogP contribution < -0.4 is 26.6 Å². The van der Waals surface area contributed by atoms with Gasteiger partial charge >= 0.3 is 5.69 Å². The fraction of sp³-hybridized carbons (Fsp3) is 0.500. The predicted octanol–water partition coefficient (Wildman–Crippen LogP) is 2.09. The minimum Gasteiger partial charge on any atom is -0.493 e. The largest absolute Gasteiger partial charge is 0.493 e. The number of anilines is 2. The molecule has 2 aromatic rings. The van der Waals surface area contributed by atoms with Crippen LogP contribution in [0.1, 0.15) is 44.7 Å². The lowest BCUT2D eigenvalue weighted by Crippen LogP contribution is -2.43. The molecular weight excluding hydrogens is 384 g/mol. The highest BCUT2D eigenvalue weighted by molar-refractivity contribution is 5.96. The zero-order chi connectivity index (χ0) is 21.8. The molecule has 0 saturated heterocycles. The molecule has 1 aliphatic heterocycles. The maximum Gasteiger partial charge on any atom is 0.330 e. The minimum atomic E-state index is -0.637. The van der Waals surface area contributed by atoms with E-state index in [0.29, 0.717) is 19.7 Å². The molecule has 0 spiro atoms. The van der Waals surface area contributed by atoms with E-state index in [4.69, 9.17) is 10.5 Å². The number of rotatable bonds is 8. The molecule has 1 aliphatic rings. The second-order valence-corrected chi connectivity index (χ2v) is 8.11. The Labute approximate surface area is 175 Å². The number of ether oxygens (including phenoxy) is 1. The van der Waals surface area contributed by atoms with E-state index >= 15 is 0 Å². The number of H-pyrrole nitrogens is 1. The smallest absolute Gasteiger partial charge is 0.330 e. The molecule has 0 aliphatic carbocycles. The van der Waals surface area contributed by atoms with Crippen molar-refractivity contribution in [1.29, 1.82) is 0 Å². The van der Waals surface area contributed by atoms with Crippen LogP contribution in [-0.2, 0) is 24.2 Å². The van der Waals surface area contributed by atoms with Crippen molar-refractivity contribution in [3.05, 3.63) is 50.2 Å². The van der Waals surface area contributed by atoms with E-state index in [1.54, 1.807) is 0 Å². The monoisotopic (exact) mass is 414 g/mol. The van der Waals surface area contributed by atoms with E-state index in [-0.39, 0.29) is 29.8 Å². The Morgan fingerprint density at radius 2 is 2.10 bits per heavy atom. The lowest BCUT2D eigenvalue weighted by molar-refractivity contribution is -0.118. The predicted molar refractivity (Wildman–Crippen MR) is 117 cm³/mol. The van der Waals surface area contributed by atoms with Gasteiger partial charge in [0.05, 0.1) is 13.0 Å². The molecule has 3 rings (SSSR count). The summed E-state index contributed by atoms with van der Waals surface area (Å²) in [6.45, 7) is 7.29. The molecule has 8 heteroatoms. The van der Waals surface area contributed by atoms with E-state index in [1.165, 1.54) is 9.47 Å². The zero-order valence-corrected chi connectivity index (χ0v) is 17.9. The van der Waals surface area contributed by atoms with Crippen molar-refractivity contribution in [1.82, 2.24) is 9.55 Å².